The summed E-state index contributed by atoms with van der Waals surface area (Å²) in [4.78, 5) is 85.8. The maximum atomic E-state index is 13.3. The van der Waals surface area contributed by atoms with Crippen LogP contribution >= 0.6 is 0 Å². The van der Waals surface area contributed by atoms with Crippen LogP contribution in [0.5, 0.6) is 0 Å². The van der Waals surface area contributed by atoms with Gasteiger partial charge in [0.1, 0.15) is 6.04 Å². The Balaban J connectivity index is 0.884. The number of nitrogens with one attached hydrogen (secondary N) is 5. The van der Waals surface area contributed by atoms with Crippen molar-refractivity contribution in [1.29, 1.82) is 0 Å². The summed E-state index contributed by atoms with van der Waals surface area (Å²) in [6, 6.07) is 23.3. The summed E-state index contributed by atoms with van der Waals surface area (Å²) in [5.74, 6) is -2.87. The van der Waals surface area contributed by atoms with Gasteiger partial charge in [-0.25, -0.2) is 0 Å². The van der Waals surface area contributed by atoms with Crippen molar-refractivity contribution in [2.45, 2.75) is 44.6 Å². The smallest absolute Gasteiger partial charge is 0.264 e. The van der Waals surface area contributed by atoms with Crippen LogP contribution in [0.25, 0.3) is 22.0 Å². The zero-order valence-electron chi connectivity index (χ0n) is 30.7. The van der Waals surface area contributed by atoms with Crippen LogP contribution < -0.4 is 26.6 Å². The average molecular weight is 753 g/mol. The summed E-state index contributed by atoms with van der Waals surface area (Å²) in [5.41, 5.74) is 6.13. The van der Waals surface area contributed by atoms with Crippen LogP contribution in [0.1, 0.15) is 68.9 Å². The molecule has 0 spiro atoms. The van der Waals surface area contributed by atoms with Crippen molar-refractivity contribution in [1.82, 2.24) is 30.8 Å². The van der Waals surface area contributed by atoms with Gasteiger partial charge in [-0.3, -0.25) is 49.0 Å². The largest absolute Gasteiger partial charge is 0.375 e. The van der Waals surface area contributed by atoms with E-state index in [-0.39, 0.29) is 42.3 Å². The Kier molecular flexibility index (Phi) is 11.1. The Morgan fingerprint density at radius 3 is 2.45 bits per heavy atom. The number of anilines is 3. The molecule has 0 aliphatic carbocycles. The number of imide groups is 2. The second-order valence-electron chi connectivity index (χ2n) is 13.6. The van der Waals surface area contributed by atoms with Gasteiger partial charge in [0.25, 0.3) is 17.7 Å². The van der Waals surface area contributed by atoms with Crippen molar-refractivity contribution in [3.05, 3.63) is 114 Å². The number of carbonyl (C=O) groups excluding carboxylic acids is 6. The number of carbonyl (C=O) groups is 6. The minimum absolute atomic E-state index is 0.0321. The van der Waals surface area contributed by atoms with E-state index in [1.807, 2.05) is 66.9 Å². The first-order chi connectivity index (χ1) is 27.2. The summed E-state index contributed by atoms with van der Waals surface area (Å²) in [7, 11) is 1.59. The van der Waals surface area contributed by atoms with E-state index in [0.717, 1.165) is 64.0 Å². The van der Waals surface area contributed by atoms with Crippen LogP contribution in [0.3, 0.4) is 0 Å². The molecule has 14 heteroatoms. The molecule has 2 aliphatic rings. The molecule has 7 rings (SSSR count). The molecule has 14 nitrogen and oxygen atoms in total. The van der Waals surface area contributed by atoms with Crippen LogP contribution in [0.4, 0.5) is 17.1 Å². The molecule has 0 saturated carbocycles. The normalized spacial score (nSPS) is 15.0. The molecule has 1 saturated heterocycles. The lowest BCUT2D eigenvalue weighted by Gasteiger charge is -2.27. The fourth-order valence-electron chi connectivity index (χ4n) is 6.96. The number of hydrogen-bond acceptors (Lipinski definition) is 10. The number of piperidine rings is 1. The molecule has 6 amide bonds. The number of amides is 6. The van der Waals surface area contributed by atoms with E-state index in [1.165, 1.54) is 6.07 Å². The third-order valence-corrected chi connectivity index (χ3v) is 9.88. The number of pyridine rings is 2. The number of fused-ring (bicyclic) bond motifs is 2. The molecule has 1 unspecified atom stereocenters. The SMILES string of the molecule is CNC(=O)c1cnc2ccc(-c3ccc(CCCCCNC(=O)CNc4cccc5c4C(=O)N(C4CCC(=O)NC4=O)C5=O)nc3)cc2c1Nc1ccccc1. The van der Waals surface area contributed by atoms with E-state index in [4.69, 9.17) is 4.98 Å². The molecule has 5 N–H and O–H groups in total. The number of para-hydroxylation sites is 1. The molecule has 4 heterocycles. The van der Waals surface area contributed by atoms with Crippen LogP contribution in [0.15, 0.2) is 91.3 Å². The van der Waals surface area contributed by atoms with E-state index >= 15 is 0 Å². The van der Waals surface area contributed by atoms with Gasteiger partial charge in [-0.1, -0.05) is 42.8 Å². The van der Waals surface area contributed by atoms with Gasteiger partial charge in [-0.15, -0.1) is 0 Å². The number of aryl methyl sites for hydroxylation is 1. The fourth-order valence-corrected chi connectivity index (χ4v) is 6.96. The Labute approximate surface area is 322 Å². The lowest BCUT2D eigenvalue weighted by molar-refractivity contribution is -0.136. The van der Waals surface area contributed by atoms with Gasteiger partial charge in [0.15, 0.2) is 0 Å². The Hall–Kier alpha value is -6.96. The maximum absolute atomic E-state index is 13.3. The van der Waals surface area contributed by atoms with Crippen molar-refractivity contribution >= 4 is 63.4 Å². The van der Waals surface area contributed by atoms with E-state index < -0.39 is 29.7 Å². The van der Waals surface area contributed by atoms with Gasteiger partial charge in [-0.05, 0) is 73.7 Å². The highest BCUT2D eigenvalue weighted by Gasteiger charge is 2.45. The van der Waals surface area contributed by atoms with Gasteiger partial charge in [0.2, 0.25) is 17.7 Å². The van der Waals surface area contributed by atoms with Crippen molar-refractivity contribution in [2.75, 3.05) is 30.8 Å². The molecule has 284 valence electrons. The lowest BCUT2D eigenvalue weighted by atomic mass is 10.0. The van der Waals surface area contributed by atoms with Crippen molar-refractivity contribution in [3.63, 3.8) is 0 Å². The zero-order valence-corrected chi connectivity index (χ0v) is 30.7. The molecule has 1 fully saturated rings. The molecule has 2 aromatic heterocycles. The third-order valence-electron chi connectivity index (χ3n) is 9.88. The molecular formula is C42H40N8O6. The van der Waals surface area contributed by atoms with Gasteiger partial charge >= 0.3 is 0 Å². The number of hydrogen-bond donors (Lipinski definition) is 5. The minimum Gasteiger partial charge on any atom is -0.375 e. The van der Waals surface area contributed by atoms with Crippen LogP contribution in [-0.2, 0) is 20.8 Å². The Bertz CT molecular complexity index is 2350. The van der Waals surface area contributed by atoms with Crippen molar-refractivity contribution < 1.29 is 28.8 Å². The van der Waals surface area contributed by atoms with E-state index in [0.29, 0.717) is 23.5 Å². The third kappa shape index (κ3) is 7.94. The standard InChI is InChI=1S/C42H40N8O6/c1-43-39(53)31-23-46-32-17-15-25(21-30(32)38(31)48-28-10-4-2-5-11-28)26-14-16-27(45-22-26)9-6-3-7-20-44-36(52)24-47-33-13-8-12-29-37(33)42(56)50(41(29)55)34-18-19-35(51)49-40(34)54/h2,4-5,8,10-17,21-23,34,47H,3,6-7,9,18-20,24H2,1H3,(H,43,53)(H,44,52)(H,46,48)(H,49,51,54). The van der Waals surface area contributed by atoms with E-state index in [9.17, 15) is 28.8 Å². The first-order valence-corrected chi connectivity index (χ1v) is 18.5. The first kappa shape index (κ1) is 37.4. The summed E-state index contributed by atoms with van der Waals surface area (Å²) in [6.07, 6.45) is 6.83. The summed E-state index contributed by atoms with van der Waals surface area (Å²) in [5, 5.41) is 15.0. The van der Waals surface area contributed by atoms with Gasteiger partial charge < -0.3 is 21.3 Å². The minimum atomic E-state index is -1.07. The van der Waals surface area contributed by atoms with Gasteiger partial charge in [-0.2, -0.15) is 0 Å². The lowest BCUT2D eigenvalue weighted by Crippen LogP contribution is -2.54. The topological polar surface area (TPSA) is 192 Å². The van der Waals surface area contributed by atoms with Crippen molar-refractivity contribution in [2.24, 2.45) is 0 Å². The quantitative estimate of drug-likeness (QED) is 0.0782. The molecular weight excluding hydrogens is 713 g/mol. The molecule has 2 aliphatic heterocycles. The Morgan fingerprint density at radius 2 is 1.68 bits per heavy atom. The molecule has 5 aromatic rings. The highest BCUT2D eigenvalue weighted by molar-refractivity contribution is 6.25. The number of benzene rings is 3. The molecule has 0 bridgehead atoms. The number of nitrogens with zero attached hydrogens (tertiary/aromatic N) is 3. The summed E-state index contributed by atoms with van der Waals surface area (Å²) in [6.45, 7) is 0.362. The summed E-state index contributed by atoms with van der Waals surface area (Å²) >= 11 is 0. The number of rotatable bonds is 14. The predicted molar refractivity (Wildman–Crippen MR) is 210 cm³/mol. The summed E-state index contributed by atoms with van der Waals surface area (Å²) < 4.78 is 0. The van der Waals surface area contributed by atoms with Gasteiger partial charge in [0, 0.05) is 60.4 Å². The highest BCUT2D eigenvalue weighted by Crippen LogP contribution is 2.34. The fraction of sp³-hybridized carbons (Fsp3) is 0.238. The average Bonchev–Trinajstić information content (AvgIpc) is 3.47. The van der Waals surface area contributed by atoms with E-state index in [1.54, 1.807) is 25.4 Å². The highest BCUT2D eigenvalue weighted by atomic mass is 16.2. The van der Waals surface area contributed by atoms with Crippen LogP contribution in [0, 0.1) is 0 Å². The first-order valence-electron chi connectivity index (χ1n) is 18.5. The monoisotopic (exact) mass is 752 g/mol. The predicted octanol–water partition coefficient (Wildman–Crippen LogP) is 4.74. The maximum Gasteiger partial charge on any atom is 0.264 e. The molecule has 1 atom stereocenters. The Morgan fingerprint density at radius 1 is 0.857 bits per heavy atom. The number of unbranched alkanes of at least 4 members (excludes halogenated alkanes) is 2. The van der Waals surface area contributed by atoms with Crippen LogP contribution in [-0.4, -0.2) is 76.5 Å². The molecule has 0 radical (unpaired) electrons. The number of aromatic nitrogens is 2. The zero-order chi connectivity index (χ0) is 39.2. The van der Waals surface area contributed by atoms with E-state index in [2.05, 4.69) is 31.6 Å². The van der Waals surface area contributed by atoms with Gasteiger partial charge in [0.05, 0.1) is 34.4 Å². The second kappa shape index (κ2) is 16.6. The molecule has 3 aromatic carbocycles. The molecule has 56 heavy (non-hydrogen) atoms. The van der Waals surface area contributed by atoms with Crippen LogP contribution in [0.2, 0.25) is 0 Å². The van der Waals surface area contributed by atoms with Crippen molar-refractivity contribution in [3.8, 4) is 11.1 Å². The second-order valence-corrected chi connectivity index (χ2v) is 13.6.